The number of ether oxygens (including phenoxy) is 1. The molecule has 0 atom stereocenters. The summed E-state index contributed by atoms with van der Waals surface area (Å²) in [4.78, 5) is 6.12. The second-order valence-electron chi connectivity index (χ2n) is 4.23. The summed E-state index contributed by atoms with van der Waals surface area (Å²) in [5.41, 5.74) is 0. The molecule has 0 amide bonds. The van der Waals surface area contributed by atoms with Gasteiger partial charge in [-0.1, -0.05) is 0 Å². The van der Waals surface area contributed by atoms with Gasteiger partial charge in [-0.15, -0.1) is 0 Å². The maximum atomic E-state index is 12.0. The zero-order chi connectivity index (χ0) is 13.0. The molecule has 1 N–H and O–H groups in total. The van der Waals surface area contributed by atoms with Crippen LogP contribution in [0.15, 0.2) is 18.3 Å². The summed E-state index contributed by atoms with van der Waals surface area (Å²) < 4.78 is 28.2. The van der Waals surface area contributed by atoms with Gasteiger partial charge in [0.2, 0.25) is 0 Å². The summed E-state index contributed by atoms with van der Waals surface area (Å²) in [5.74, 6) is 0.738. The Kier molecular flexibility index (Phi) is 4.30. The van der Waals surface area contributed by atoms with Crippen molar-refractivity contribution in [1.82, 2.24) is 4.98 Å². The highest BCUT2D eigenvalue weighted by Crippen LogP contribution is 2.28. The van der Waals surface area contributed by atoms with E-state index in [9.17, 15) is 8.78 Å². The summed E-state index contributed by atoms with van der Waals surface area (Å²) >= 11 is 0. The molecule has 100 valence electrons. The number of alkyl halides is 2. The van der Waals surface area contributed by atoms with Crippen molar-refractivity contribution in [2.75, 3.05) is 18.1 Å². The minimum absolute atomic E-state index is 0.0475. The fraction of sp³-hybridized carbons (Fsp3) is 0.583. The largest absolute Gasteiger partial charge is 0.433 e. The molecule has 0 saturated heterocycles. The number of aliphatic hydroxyl groups excluding tert-OH is 1. The molecule has 1 fully saturated rings. The van der Waals surface area contributed by atoms with Crippen LogP contribution in [0.4, 0.5) is 14.6 Å². The maximum Gasteiger partial charge on any atom is 0.387 e. The summed E-state index contributed by atoms with van der Waals surface area (Å²) in [6.07, 6.45) is 4.62. The third kappa shape index (κ3) is 3.07. The highest BCUT2D eigenvalue weighted by atomic mass is 19.3. The minimum Gasteiger partial charge on any atom is -0.433 e. The molecule has 1 heterocycles. The van der Waals surface area contributed by atoms with Gasteiger partial charge >= 0.3 is 6.61 Å². The Bertz CT molecular complexity index is 369. The number of rotatable bonds is 6. The van der Waals surface area contributed by atoms with E-state index in [4.69, 9.17) is 5.11 Å². The highest BCUT2D eigenvalue weighted by molar-refractivity contribution is 5.42. The first-order valence-electron chi connectivity index (χ1n) is 5.99. The zero-order valence-corrected chi connectivity index (χ0v) is 9.93. The molecule has 0 unspecified atom stereocenters. The molecule has 1 saturated carbocycles. The molecule has 18 heavy (non-hydrogen) atoms. The number of anilines is 1. The normalized spacial score (nSPS) is 15.6. The first-order chi connectivity index (χ1) is 8.70. The highest BCUT2D eigenvalue weighted by Gasteiger charge is 2.25. The van der Waals surface area contributed by atoms with Crippen molar-refractivity contribution < 1.29 is 18.6 Å². The van der Waals surface area contributed by atoms with Crippen LogP contribution >= 0.6 is 0 Å². The molecule has 0 bridgehead atoms. The van der Waals surface area contributed by atoms with E-state index in [0.717, 1.165) is 12.8 Å². The molecule has 1 aromatic heterocycles. The number of hydrogen-bond acceptors (Lipinski definition) is 4. The van der Waals surface area contributed by atoms with Gasteiger partial charge < -0.3 is 14.7 Å². The smallest absolute Gasteiger partial charge is 0.387 e. The average Bonchev–Trinajstić information content (AvgIpc) is 2.26. The van der Waals surface area contributed by atoms with Crippen LogP contribution < -0.4 is 9.64 Å². The Hall–Kier alpha value is -1.43. The Morgan fingerprint density at radius 3 is 2.67 bits per heavy atom. The Morgan fingerprint density at radius 1 is 1.44 bits per heavy atom. The van der Waals surface area contributed by atoms with Crippen LogP contribution in [0, 0.1) is 0 Å². The zero-order valence-electron chi connectivity index (χ0n) is 9.93. The van der Waals surface area contributed by atoms with Crippen LogP contribution in [-0.2, 0) is 0 Å². The van der Waals surface area contributed by atoms with Gasteiger partial charge in [0.05, 0.1) is 12.8 Å². The summed E-state index contributed by atoms with van der Waals surface area (Å²) in [6, 6.07) is 3.51. The van der Waals surface area contributed by atoms with E-state index < -0.39 is 6.61 Å². The van der Waals surface area contributed by atoms with Crippen molar-refractivity contribution >= 4 is 5.82 Å². The average molecular weight is 258 g/mol. The van der Waals surface area contributed by atoms with Crippen LogP contribution in [0.1, 0.15) is 19.3 Å². The van der Waals surface area contributed by atoms with E-state index in [1.54, 1.807) is 6.07 Å². The standard InChI is InChI=1S/C12H16F2N2O2/c13-12(14)18-10-4-5-11(15-8-10)16(6-7-17)9-2-1-3-9/h4-5,8-9,12,17H,1-3,6-7H2. The van der Waals surface area contributed by atoms with Crippen LogP contribution in [0.5, 0.6) is 5.75 Å². The number of nitrogens with zero attached hydrogens (tertiary/aromatic N) is 2. The topological polar surface area (TPSA) is 45.6 Å². The number of hydrogen-bond donors (Lipinski definition) is 1. The second-order valence-corrected chi connectivity index (χ2v) is 4.23. The van der Waals surface area contributed by atoms with E-state index in [2.05, 4.69) is 9.72 Å². The van der Waals surface area contributed by atoms with Crippen molar-refractivity contribution in [2.45, 2.75) is 31.9 Å². The lowest BCUT2D eigenvalue weighted by molar-refractivity contribution is -0.0500. The van der Waals surface area contributed by atoms with Crippen LogP contribution in [0.2, 0.25) is 0 Å². The summed E-state index contributed by atoms with van der Waals surface area (Å²) in [7, 11) is 0. The van der Waals surface area contributed by atoms with Gasteiger partial charge in [-0.3, -0.25) is 0 Å². The van der Waals surface area contributed by atoms with E-state index >= 15 is 0 Å². The molecule has 6 heteroatoms. The van der Waals surface area contributed by atoms with Gasteiger partial charge in [-0.05, 0) is 31.4 Å². The van der Waals surface area contributed by atoms with Crippen LogP contribution in [-0.4, -0.2) is 35.9 Å². The molecule has 4 nitrogen and oxygen atoms in total. The van der Waals surface area contributed by atoms with Gasteiger partial charge in [-0.25, -0.2) is 4.98 Å². The fourth-order valence-electron chi connectivity index (χ4n) is 2.01. The van der Waals surface area contributed by atoms with Crippen molar-refractivity contribution in [3.05, 3.63) is 18.3 Å². The van der Waals surface area contributed by atoms with E-state index in [0.29, 0.717) is 18.4 Å². The number of halogens is 2. The molecule has 0 radical (unpaired) electrons. The lowest BCUT2D eigenvalue weighted by Gasteiger charge is -2.38. The molecule has 1 aromatic rings. The number of aliphatic hydroxyl groups is 1. The molecule has 0 aliphatic heterocycles. The van der Waals surface area contributed by atoms with E-state index in [1.807, 2.05) is 4.90 Å². The van der Waals surface area contributed by atoms with E-state index in [-0.39, 0.29) is 12.4 Å². The number of pyridine rings is 1. The molecule has 0 spiro atoms. The van der Waals surface area contributed by atoms with Gasteiger partial charge in [0.15, 0.2) is 0 Å². The van der Waals surface area contributed by atoms with Gasteiger partial charge in [0, 0.05) is 12.6 Å². The van der Waals surface area contributed by atoms with Gasteiger partial charge in [0.1, 0.15) is 11.6 Å². The predicted octanol–water partition coefficient (Wildman–Crippen LogP) is 2.03. The van der Waals surface area contributed by atoms with Crippen LogP contribution in [0.3, 0.4) is 0 Å². The van der Waals surface area contributed by atoms with Gasteiger partial charge in [0.25, 0.3) is 0 Å². The van der Waals surface area contributed by atoms with Crippen LogP contribution in [0.25, 0.3) is 0 Å². The van der Waals surface area contributed by atoms with E-state index in [1.165, 1.54) is 18.7 Å². The third-order valence-corrected chi connectivity index (χ3v) is 3.10. The van der Waals surface area contributed by atoms with Crippen molar-refractivity contribution in [3.63, 3.8) is 0 Å². The SMILES string of the molecule is OCCN(c1ccc(OC(F)F)cn1)C1CCC1. The first kappa shape index (κ1) is 13.0. The van der Waals surface area contributed by atoms with Crippen molar-refractivity contribution in [2.24, 2.45) is 0 Å². The molecular weight excluding hydrogens is 242 g/mol. The summed E-state index contributed by atoms with van der Waals surface area (Å²) in [5, 5.41) is 9.05. The fourth-order valence-corrected chi connectivity index (χ4v) is 2.01. The quantitative estimate of drug-likeness (QED) is 0.848. The Labute approximate surface area is 104 Å². The minimum atomic E-state index is -2.84. The van der Waals surface area contributed by atoms with Gasteiger partial charge in [-0.2, -0.15) is 8.78 Å². The number of aromatic nitrogens is 1. The molecule has 0 aromatic carbocycles. The second kappa shape index (κ2) is 5.95. The molecular formula is C12H16F2N2O2. The predicted molar refractivity (Wildman–Crippen MR) is 62.9 cm³/mol. The molecule has 1 aliphatic carbocycles. The molecule has 1 aliphatic rings. The molecule has 2 rings (SSSR count). The van der Waals surface area contributed by atoms with Crippen molar-refractivity contribution in [1.29, 1.82) is 0 Å². The lowest BCUT2D eigenvalue weighted by atomic mass is 9.91. The maximum absolute atomic E-state index is 12.0. The van der Waals surface area contributed by atoms with Crippen molar-refractivity contribution in [3.8, 4) is 5.75 Å². The lowest BCUT2D eigenvalue weighted by Crippen LogP contribution is -2.42. The monoisotopic (exact) mass is 258 g/mol. The third-order valence-electron chi connectivity index (χ3n) is 3.10. The Balaban J connectivity index is 2.05. The summed E-state index contributed by atoms with van der Waals surface area (Å²) in [6.45, 7) is -2.28. The Morgan fingerprint density at radius 2 is 2.22 bits per heavy atom. The first-order valence-corrected chi connectivity index (χ1v) is 5.99.